The maximum Gasteiger partial charge on any atom is 0.319 e. The van der Waals surface area contributed by atoms with Gasteiger partial charge in [-0.15, -0.1) is 0 Å². The molecule has 1 saturated heterocycles. The number of amides is 2. The van der Waals surface area contributed by atoms with Gasteiger partial charge in [-0.25, -0.2) is 13.2 Å². The Kier molecular flexibility index (Phi) is 7.72. The minimum atomic E-state index is -3.66. The number of carbonyl (C=O) groups excluding carboxylic acids is 1. The molecule has 2 N–H and O–H groups in total. The number of nitriles is 1. The van der Waals surface area contributed by atoms with Crippen molar-refractivity contribution < 1.29 is 13.2 Å². The molecule has 2 aromatic rings. The highest BCUT2D eigenvalue weighted by Gasteiger charge is 2.44. The first-order valence-electron chi connectivity index (χ1n) is 12.3. The average molecular weight is 496 g/mol. The first-order valence-corrected chi connectivity index (χ1v) is 13.7. The minimum absolute atomic E-state index is 0.190. The van der Waals surface area contributed by atoms with Gasteiger partial charge in [-0.05, 0) is 73.4 Å². The second kappa shape index (κ2) is 10.8. The first kappa shape index (κ1) is 25.1. The summed E-state index contributed by atoms with van der Waals surface area (Å²) in [6.45, 7) is 3.32. The largest absolute Gasteiger partial charge is 0.334 e. The predicted molar refractivity (Wildman–Crippen MR) is 134 cm³/mol. The van der Waals surface area contributed by atoms with Crippen LogP contribution in [0.4, 0.5) is 10.5 Å². The van der Waals surface area contributed by atoms with Crippen molar-refractivity contribution in [2.24, 2.45) is 17.3 Å². The molecule has 4 rings (SSSR count). The summed E-state index contributed by atoms with van der Waals surface area (Å²) in [5.74, 6) is 1.08. The number of nitrogens with zero attached hydrogens (tertiary/aromatic N) is 3. The lowest BCUT2D eigenvalue weighted by Gasteiger charge is -2.43. The Labute approximate surface area is 207 Å². The zero-order valence-electron chi connectivity index (χ0n) is 20.1. The lowest BCUT2D eigenvalue weighted by Crippen LogP contribution is -2.46. The summed E-state index contributed by atoms with van der Waals surface area (Å²) in [6.07, 6.45) is 8.93. The molecule has 8 nitrogen and oxygen atoms in total. The summed E-state index contributed by atoms with van der Waals surface area (Å²) in [4.78, 5) is 16.4. The molecule has 0 radical (unpaired) electrons. The van der Waals surface area contributed by atoms with Crippen molar-refractivity contribution >= 4 is 21.7 Å². The summed E-state index contributed by atoms with van der Waals surface area (Å²) in [5, 5.41) is 15.5. The zero-order chi connectivity index (χ0) is 24.9. The highest BCUT2D eigenvalue weighted by molar-refractivity contribution is 7.89. The van der Waals surface area contributed by atoms with E-state index in [1.54, 1.807) is 30.6 Å². The van der Waals surface area contributed by atoms with Crippen molar-refractivity contribution in [1.82, 2.24) is 14.6 Å². The van der Waals surface area contributed by atoms with Crippen LogP contribution in [-0.2, 0) is 16.6 Å². The fraction of sp³-hybridized carbons (Fsp3) is 0.500. The number of carbonyl (C=O) groups is 1. The van der Waals surface area contributed by atoms with E-state index in [0.717, 1.165) is 31.2 Å². The molecule has 1 aliphatic heterocycles. The van der Waals surface area contributed by atoms with Gasteiger partial charge in [-0.1, -0.05) is 25.8 Å². The number of piperidine rings is 1. The van der Waals surface area contributed by atoms with Crippen LogP contribution in [0.1, 0.15) is 51.0 Å². The number of aromatic nitrogens is 1. The van der Waals surface area contributed by atoms with Crippen molar-refractivity contribution in [1.29, 1.82) is 5.26 Å². The third kappa shape index (κ3) is 5.82. The quantitative estimate of drug-likeness (QED) is 0.611. The maximum atomic E-state index is 13.2. The lowest BCUT2D eigenvalue weighted by atomic mass is 9.64. The molecule has 0 bridgehead atoms. The van der Waals surface area contributed by atoms with Gasteiger partial charge in [0, 0.05) is 37.7 Å². The molecule has 1 aliphatic carbocycles. The van der Waals surface area contributed by atoms with E-state index in [1.807, 2.05) is 6.07 Å². The van der Waals surface area contributed by atoms with E-state index < -0.39 is 15.4 Å². The molecule has 35 heavy (non-hydrogen) atoms. The Morgan fingerprint density at radius 1 is 1.14 bits per heavy atom. The normalized spacial score (nSPS) is 22.6. The Bertz CT molecular complexity index is 1150. The lowest BCUT2D eigenvalue weighted by molar-refractivity contribution is 0.0954. The molecule has 2 fully saturated rings. The number of urea groups is 1. The zero-order valence-corrected chi connectivity index (χ0v) is 20.9. The maximum absolute atomic E-state index is 13.2. The molecule has 2 heterocycles. The van der Waals surface area contributed by atoms with Gasteiger partial charge in [-0.3, -0.25) is 4.98 Å². The molecule has 186 valence electrons. The van der Waals surface area contributed by atoms with Gasteiger partial charge in [0.05, 0.1) is 16.4 Å². The van der Waals surface area contributed by atoms with Gasteiger partial charge >= 0.3 is 6.03 Å². The third-order valence-electron chi connectivity index (χ3n) is 7.56. The van der Waals surface area contributed by atoms with Crippen molar-refractivity contribution in [2.75, 3.05) is 18.4 Å². The molecular formula is C26H33N5O3S. The van der Waals surface area contributed by atoms with E-state index >= 15 is 0 Å². The van der Waals surface area contributed by atoms with E-state index in [2.05, 4.69) is 28.6 Å². The second-order valence-electron chi connectivity index (χ2n) is 9.82. The van der Waals surface area contributed by atoms with Crippen molar-refractivity contribution in [2.45, 2.75) is 56.9 Å². The smallest absolute Gasteiger partial charge is 0.319 e. The average Bonchev–Trinajstić information content (AvgIpc) is 2.89. The number of rotatable bonds is 6. The highest BCUT2D eigenvalue weighted by Crippen LogP contribution is 2.47. The Morgan fingerprint density at radius 2 is 1.83 bits per heavy atom. The van der Waals surface area contributed by atoms with Crippen LogP contribution >= 0.6 is 0 Å². The molecular weight excluding hydrogens is 462 g/mol. The van der Waals surface area contributed by atoms with Gasteiger partial charge in [0.1, 0.15) is 0 Å². The number of nitrogens with one attached hydrogen (secondary N) is 2. The Hall–Kier alpha value is -2.96. The van der Waals surface area contributed by atoms with Gasteiger partial charge in [-0.2, -0.15) is 9.57 Å². The molecule has 0 atom stereocenters. The van der Waals surface area contributed by atoms with Crippen molar-refractivity contribution in [3.63, 3.8) is 0 Å². The summed E-state index contributed by atoms with van der Waals surface area (Å²) >= 11 is 0. The topological polar surface area (TPSA) is 115 Å². The molecule has 9 heteroatoms. The summed E-state index contributed by atoms with van der Waals surface area (Å²) < 4.78 is 28.0. The number of pyridine rings is 1. The fourth-order valence-electron chi connectivity index (χ4n) is 5.27. The van der Waals surface area contributed by atoms with Gasteiger partial charge < -0.3 is 10.6 Å². The minimum Gasteiger partial charge on any atom is -0.334 e. The Morgan fingerprint density at radius 3 is 2.43 bits per heavy atom. The van der Waals surface area contributed by atoms with Crippen LogP contribution < -0.4 is 10.6 Å². The second-order valence-corrected chi connectivity index (χ2v) is 11.8. The van der Waals surface area contributed by atoms with Crippen LogP contribution in [0.25, 0.3) is 0 Å². The number of sulfonamides is 1. The molecule has 2 aliphatic rings. The summed E-state index contributed by atoms with van der Waals surface area (Å²) in [5.41, 5.74) is 0.966. The van der Waals surface area contributed by atoms with Crippen molar-refractivity contribution in [3.05, 3.63) is 54.4 Å². The predicted octanol–water partition coefficient (Wildman–Crippen LogP) is 4.52. The molecule has 0 unspecified atom stereocenters. The van der Waals surface area contributed by atoms with Gasteiger partial charge in [0.2, 0.25) is 10.0 Å². The van der Waals surface area contributed by atoms with Gasteiger partial charge in [0.25, 0.3) is 0 Å². The van der Waals surface area contributed by atoms with E-state index in [0.29, 0.717) is 50.0 Å². The number of benzene rings is 1. The van der Waals surface area contributed by atoms with Crippen LogP contribution in [-0.4, -0.2) is 36.8 Å². The van der Waals surface area contributed by atoms with Gasteiger partial charge in [0.15, 0.2) is 0 Å². The number of hydrogen-bond donors (Lipinski definition) is 2. The van der Waals surface area contributed by atoms with E-state index in [1.165, 1.54) is 16.4 Å². The highest BCUT2D eigenvalue weighted by atomic mass is 32.2. The van der Waals surface area contributed by atoms with Crippen LogP contribution in [0.3, 0.4) is 0 Å². The van der Waals surface area contributed by atoms with E-state index in [-0.39, 0.29) is 10.9 Å². The van der Waals surface area contributed by atoms with Crippen LogP contribution in [0.2, 0.25) is 0 Å². The molecule has 1 aromatic heterocycles. The van der Waals surface area contributed by atoms with E-state index in [9.17, 15) is 18.5 Å². The number of hydrogen-bond acceptors (Lipinski definition) is 5. The summed E-state index contributed by atoms with van der Waals surface area (Å²) in [7, 11) is -3.66. The monoisotopic (exact) mass is 495 g/mol. The SMILES string of the molecule is CC1CCC(C2(C#N)CCN(S(=O)(=O)c3ccc(NC(=O)NCc4cccnc4)cc3)CC2)CC1. The van der Waals surface area contributed by atoms with Crippen molar-refractivity contribution in [3.8, 4) is 6.07 Å². The van der Waals surface area contributed by atoms with Crippen LogP contribution in [0.5, 0.6) is 0 Å². The molecule has 0 spiro atoms. The molecule has 2 amide bonds. The standard InChI is InChI=1S/C26H33N5O3S/c1-20-4-6-22(7-5-20)26(19-27)12-15-31(16-13-26)35(33,34)24-10-8-23(9-11-24)30-25(32)29-18-21-3-2-14-28-17-21/h2-3,8-11,14,17,20,22H,4-7,12-13,15-16,18H2,1H3,(H2,29,30,32). The molecule has 1 aromatic carbocycles. The first-order chi connectivity index (χ1) is 16.8. The summed E-state index contributed by atoms with van der Waals surface area (Å²) in [6, 6.07) is 12.1. The Balaban J connectivity index is 1.33. The number of anilines is 1. The third-order valence-corrected chi connectivity index (χ3v) is 9.47. The van der Waals surface area contributed by atoms with E-state index in [4.69, 9.17) is 0 Å². The molecule has 1 saturated carbocycles. The van der Waals surface area contributed by atoms with Crippen LogP contribution in [0, 0.1) is 28.6 Å². The van der Waals surface area contributed by atoms with Crippen LogP contribution in [0.15, 0.2) is 53.7 Å². The fourth-order valence-corrected chi connectivity index (χ4v) is 6.71.